The molecule has 2 aromatic carbocycles. The average Bonchev–Trinajstić information content (AvgIpc) is 2.85. The Morgan fingerprint density at radius 2 is 1.88 bits per heavy atom. The summed E-state index contributed by atoms with van der Waals surface area (Å²) in [4.78, 5) is 28.4. The van der Waals surface area contributed by atoms with E-state index in [2.05, 4.69) is 22.4 Å². The molecule has 0 radical (unpaired) electrons. The molecule has 170 valence electrons. The summed E-state index contributed by atoms with van der Waals surface area (Å²) in [5.41, 5.74) is 3.86. The molecule has 0 unspecified atom stereocenters. The number of pyridine rings is 1. The van der Waals surface area contributed by atoms with Gasteiger partial charge in [-0.05, 0) is 66.6 Å². The van der Waals surface area contributed by atoms with Crippen LogP contribution in [0.3, 0.4) is 0 Å². The van der Waals surface area contributed by atoms with Gasteiger partial charge < -0.3 is 14.2 Å². The lowest BCUT2D eigenvalue weighted by Gasteiger charge is -2.10. The zero-order valence-electron chi connectivity index (χ0n) is 18.5. The molecule has 0 saturated carbocycles. The minimum Gasteiger partial charge on any atom is -0.494 e. The molecular weight excluding hydrogens is 422 g/mol. The molecule has 8 heteroatoms. The fourth-order valence-electron chi connectivity index (χ4n) is 2.76. The van der Waals surface area contributed by atoms with Crippen molar-refractivity contribution in [3.8, 4) is 17.2 Å². The first-order chi connectivity index (χ1) is 16.1. The summed E-state index contributed by atoms with van der Waals surface area (Å²) in [6.07, 6.45) is 6.51. The van der Waals surface area contributed by atoms with Gasteiger partial charge in [0.25, 0.3) is 5.91 Å². The molecule has 0 fully saturated rings. The summed E-state index contributed by atoms with van der Waals surface area (Å²) in [5.74, 6) is 0.432. The molecule has 3 aromatic rings. The van der Waals surface area contributed by atoms with Gasteiger partial charge in [0.2, 0.25) is 0 Å². The van der Waals surface area contributed by atoms with Crippen molar-refractivity contribution in [2.45, 2.75) is 19.8 Å². The second-order valence-corrected chi connectivity index (χ2v) is 6.97. The van der Waals surface area contributed by atoms with E-state index < -0.39 is 5.97 Å². The number of nitrogens with zero attached hydrogens (tertiary/aromatic N) is 2. The van der Waals surface area contributed by atoms with Crippen molar-refractivity contribution in [3.63, 3.8) is 0 Å². The van der Waals surface area contributed by atoms with Crippen molar-refractivity contribution >= 4 is 18.1 Å². The third-order valence-corrected chi connectivity index (χ3v) is 4.55. The van der Waals surface area contributed by atoms with Gasteiger partial charge in [0.1, 0.15) is 5.75 Å². The molecule has 0 aliphatic rings. The van der Waals surface area contributed by atoms with Crippen LogP contribution in [0.4, 0.5) is 0 Å². The molecule has 3 rings (SSSR count). The number of benzene rings is 2. The highest BCUT2D eigenvalue weighted by atomic mass is 16.6. The van der Waals surface area contributed by atoms with E-state index in [1.807, 2.05) is 0 Å². The van der Waals surface area contributed by atoms with Crippen LogP contribution in [-0.2, 0) is 0 Å². The Morgan fingerprint density at radius 1 is 1.06 bits per heavy atom. The Bertz CT molecular complexity index is 1100. The van der Waals surface area contributed by atoms with Crippen LogP contribution >= 0.6 is 0 Å². The molecular formula is C25H25N3O5. The fourth-order valence-corrected chi connectivity index (χ4v) is 2.76. The summed E-state index contributed by atoms with van der Waals surface area (Å²) < 4.78 is 16.4. The lowest BCUT2D eigenvalue weighted by molar-refractivity contribution is 0.0729. The standard InChI is InChI=1S/C25H25N3O5/c1-3-4-14-32-21-10-8-19(9-11-21)25(30)33-22-12-7-18(15-23(22)31-2)16-27-28-24(29)20-6-5-13-26-17-20/h5-13,15-17H,3-4,14H2,1-2H3,(H,28,29)/b27-16+. The van der Waals surface area contributed by atoms with E-state index in [4.69, 9.17) is 14.2 Å². The number of carbonyl (C=O) groups excluding carboxylic acids is 2. The van der Waals surface area contributed by atoms with Gasteiger partial charge in [-0.15, -0.1) is 0 Å². The summed E-state index contributed by atoms with van der Waals surface area (Å²) >= 11 is 0. The van der Waals surface area contributed by atoms with Crippen LogP contribution in [0.15, 0.2) is 72.1 Å². The number of hydrogen-bond acceptors (Lipinski definition) is 7. The molecule has 0 saturated heterocycles. The van der Waals surface area contributed by atoms with Crippen molar-refractivity contribution in [2.75, 3.05) is 13.7 Å². The van der Waals surface area contributed by atoms with E-state index in [1.165, 1.54) is 19.5 Å². The number of hydrazone groups is 1. The largest absolute Gasteiger partial charge is 0.494 e. The molecule has 1 heterocycles. The number of amides is 1. The predicted octanol–water partition coefficient (Wildman–Crippen LogP) is 4.25. The molecule has 1 amide bonds. The van der Waals surface area contributed by atoms with E-state index in [0.29, 0.717) is 34.8 Å². The Balaban J connectivity index is 1.61. The van der Waals surface area contributed by atoms with Gasteiger partial charge in [-0.3, -0.25) is 9.78 Å². The number of rotatable bonds is 10. The van der Waals surface area contributed by atoms with Gasteiger partial charge in [-0.25, -0.2) is 10.2 Å². The quantitative estimate of drug-likeness (QED) is 0.164. The van der Waals surface area contributed by atoms with Crippen molar-refractivity contribution in [1.82, 2.24) is 10.4 Å². The molecule has 1 aromatic heterocycles. The number of methoxy groups -OCH3 is 1. The van der Waals surface area contributed by atoms with Crippen LogP contribution in [0.5, 0.6) is 17.2 Å². The van der Waals surface area contributed by atoms with Crippen molar-refractivity contribution in [1.29, 1.82) is 0 Å². The molecule has 1 N–H and O–H groups in total. The summed E-state index contributed by atoms with van der Waals surface area (Å²) in [7, 11) is 1.47. The maximum Gasteiger partial charge on any atom is 0.343 e. The van der Waals surface area contributed by atoms with Crippen LogP contribution in [0, 0.1) is 0 Å². The minimum atomic E-state index is -0.515. The Kier molecular flexibility index (Phi) is 8.53. The van der Waals surface area contributed by atoms with E-state index in [1.54, 1.807) is 60.8 Å². The van der Waals surface area contributed by atoms with Gasteiger partial charge in [0.05, 0.1) is 31.1 Å². The summed E-state index contributed by atoms with van der Waals surface area (Å²) in [6.45, 7) is 2.73. The fraction of sp³-hybridized carbons (Fsp3) is 0.200. The second-order valence-electron chi connectivity index (χ2n) is 6.97. The van der Waals surface area contributed by atoms with Gasteiger partial charge in [0, 0.05) is 12.4 Å². The number of aromatic nitrogens is 1. The van der Waals surface area contributed by atoms with Crippen LogP contribution < -0.4 is 19.6 Å². The Morgan fingerprint density at radius 3 is 2.58 bits per heavy atom. The maximum absolute atomic E-state index is 12.5. The topological polar surface area (TPSA) is 99.1 Å². The highest BCUT2D eigenvalue weighted by molar-refractivity contribution is 5.94. The first-order valence-corrected chi connectivity index (χ1v) is 10.5. The molecule has 33 heavy (non-hydrogen) atoms. The van der Waals surface area contributed by atoms with E-state index >= 15 is 0 Å². The molecule has 0 aliphatic carbocycles. The number of esters is 1. The van der Waals surface area contributed by atoms with Crippen molar-refractivity contribution in [2.24, 2.45) is 5.10 Å². The predicted molar refractivity (Wildman–Crippen MR) is 124 cm³/mol. The van der Waals surface area contributed by atoms with E-state index in [0.717, 1.165) is 12.8 Å². The second kappa shape index (κ2) is 12.0. The van der Waals surface area contributed by atoms with Crippen LogP contribution in [0.2, 0.25) is 0 Å². The lowest BCUT2D eigenvalue weighted by Crippen LogP contribution is -2.17. The highest BCUT2D eigenvalue weighted by Gasteiger charge is 2.13. The maximum atomic E-state index is 12.5. The van der Waals surface area contributed by atoms with E-state index in [-0.39, 0.29) is 11.7 Å². The Labute approximate surface area is 192 Å². The summed E-state index contributed by atoms with van der Waals surface area (Å²) in [6, 6.07) is 15.0. The van der Waals surface area contributed by atoms with E-state index in [9.17, 15) is 9.59 Å². The number of unbranched alkanes of at least 4 members (excludes halogenated alkanes) is 1. The number of hydrogen-bond donors (Lipinski definition) is 1. The van der Waals surface area contributed by atoms with Gasteiger partial charge in [-0.1, -0.05) is 13.3 Å². The molecule has 0 aliphatic heterocycles. The number of nitrogens with one attached hydrogen (secondary N) is 1. The molecule has 0 bridgehead atoms. The van der Waals surface area contributed by atoms with Crippen LogP contribution in [0.25, 0.3) is 0 Å². The number of ether oxygens (including phenoxy) is 3. The number of carbonyl (C=O) groups is 2. The molecule has 8 nitrogen and oxygen atoms in total. The zero-order chi connectivity index (χ0) is 23.5. The smallest absolute Gasteiger partial charge is 0.343 e. The van der Waals surface area contributed by atoms with Crippen LogP contribution in [-0.4, -0.2) is 36.8 Å². The first-order valence-electron chi connectivity index (χ1n) is 10.5. The molecule has 0 spiro atoms. The summed E-state index contributed by atoms with van der Waals surface area (Å²) in [5, 5.41) is 3.94. The monoisotopic (exact) mass is 447 g/mol. The van der Waals surface area contributed by atoms with Crippen molar-refractivity contribution < 1.29 is 23.8 Å². The van der Waals surface area contributed by atoms with Gasteiger partial charge in [-0.2, -0.15) is 5.10 Å². The van der Waals surface area contributed by atoms with Gasteiger partial charge >= 0.3 is 5.97 Å². The third-order valence-electron chi connectivity index (χ3n) is 4.55. The zero-order valence-corrected chi connectivity index (χ0v) is 18.5. The average molecular weight is 447 g/mol. The third kappa shape index (κ3) is 6.90. The van der Waals surface area contributed by atoms with Crippen LogP contribution in [0.1, 0.15) is 46.0 Å². The van der Waals surface area contributed by atoms with Crippen molar-refractivity contribution in [3.05, 3.63) is 83.7 Å². The minimum absolute atomic E-state index is 0.266. The van der Waals surface area contributed by atoms with Gasteiger partial charge in [0.15, 0.2) is 11.5 Å². The lowest BCUT2D eigenvalue weighted by atomic mass is 10.2. The Hall–Kier alpha value is -4.20. The first kappa shape index (κ1) is 23.5. The highest BCUT2D eigenvalue weighted by Crippen LogP contribution is 2.28. The SMILES string of the molecule is CCCCOc1ccc(C(=O)Oc2ccc(/C=N/NC(=O)c3cccnc3)cc2OC)cc1. The normalized spacial score (nSPS) is 10.6. The molecule has 0 atom stereocenters.